The van der Waals surface area contributed by atoms with Gasteiger partial charge >= 0.3 is 5.97 Å². The molecule has 2 rings (SSSR count). The monoisotopic (exact) mass is 302 g/mol. The van der Waals surface area contributed by atoms with Gasteiger partial charge in [0, 0.05) is 6.07 Å². The SMILES string of the molecule is COc1cccc(OC(C)C(=O)Oc2ccccc2OC)c1. The van der Waals surface area contributed by atoms with E-state index in [2.05, 4.69) is 0 Å². The Morgan fingerprint density at radius 3 is 2.27 bits per heavy atom. The van der Waals surface area contributed by atoms with Crippen molar-refractivity contribution in [1.82, 2.24) is 0 Å². The lowest BCUT2D eigenvalue weighted by atomic mass is 10.3. The van der Waals surface area contributed by atoms with Crippen LogP contribution in [0.4, 0.5) is 0 Å². The molecule has 0 aliphatic heterocycles. The maximum atomic E-state index is 12.1. The second kappa shape index (κ2) is 7.36. The normalized spacial score (nSPS) is 11.4. The lowest BCUT2D eigenvalue weighted by Gasteiger charge is -2.15. The largest absolute Gasteiger partial charge is 0.497 e. The zero-order chi connectivity index (χ0) is 15.9. The van der Waals surface area contributed by atoms with Gasteiger partial charge in [-0.1, -0.05) is 18.2 Å². The lowest BCUT2D eigenvalue weighted by Crippen LogP contribution is -2.28. The van der Waals surface area contributed by atoms with Crippen LogP contribution in [-0.4, -0.2) is 26.3 Å². The summed E-state index contributed by atoms with van der Waals surface area (Å²) in [6.45, 7) is 1.62. The number of carbonyl (C=O) groups is 1. The Balaban J connectivity index is 2.02. The molecule has 0 bridgehead atoms. The molecule has 0 spiro atoms. The van der Waals surface area contributed by atoms with Crippen molar-refractivity contribution in [3.05, 3.63) is 48.5 Å². The van der Waals surface area contributed by atoms with Crippen LogP contribution < -0.4 is 18.9 Å². The second-order valence-electron chi connectivity index (χ2n) is 4.51. The summed E-state index contributed by atoms with van der Waals surface area (Å²) in [6.07, 6.45) is -0.767. The molecule has 22 heavy (non-hydrogen) atoms. The Morgan fingerprint density at radius 2 is 1.59 bits per heavy atom. The maximum Gasteiger partial charge on any atom is 0.352 e. The molecule has 1 unspecified atom stereocenters. The van der Waals surface area contributed by atoms with Gasteiger partial charge in [0.25, 0.3) is 0 Å². The topological polar surface area (TPSA) is 54.0 Å². The van der Waals surface area contributed by atoms with Gasteiger partial charge in [-0.05, 0) is 31.2 Å². The van der Waals surface area contributed by atoms with Crippen LogP contribution in [-0.2, 0) is 4.79 Å². The van der Waals surface area contributed by atoms with Crippen molar-refractivity contribution < 1.29 is 23.7 Å². The third-order valence-electron chi connectivity index (χ3n) is 2.97. The number of hydrogen-bond acceptors (Lipinski definition) is 5. The fourth-order valence-electron chi connectivity index (χ4n) is 1.82. The van der Waals surface area contributed by atoms with Gasteiger partial charge in [-0.15, -0.1) is 0 Å². The van der Waals surface area contributed by atoms with Gasteiger partial charge in [-0.25, -0.2) is 4.79 Å². The van der Waals surface area contributed by atoms with E-state index in [0.717, 1.165) is 0 Å². The molecule has 5 heteroatoms. The molecular weight excluding hydrogens is 284 g/mol. The Labute approximate surface area is 129 Å². The molecular formula is C17H18O5. The molecule has 0 fully saturated rings. The lowest BCUT2D eigenvalue weighted by molar-refractivity contribution is -0.141. The van der Waals surface area contributed by atoms with Crippen LogP contribution >= 0.6 is 0 Å². The molecule has 5 nitrogen and oxygen atoms in total. The van der Waals surface area contributed by atoms with E-state index in [0.29, 0.717) is 23.0 Å². The van der Waals surface area contributed by atoms with Gasteiger partial charge in [0.2, 0.25) is 0 Å². The van der Waals surface area contributed by atoms with Crippen molar-refractivity contribution >= 4 is 5.97 Å². The molecule has 0 aliphatic carbocycles. The van der Waals surface area contributed by atoms with Crippen LogP contribution in [0.5, 0.6) is 23.0 Å². The first-order valence-electron chi connectivity index (χ1n) is 6.79. The molecule has 0 aromatic heterocycles. The number of esters is 1. The zero-order valence-electron chi connectivity index (χ0n) is 12.7. The molecule has 1 atom stereocenters. The molecule has 0 amide bonds. The summed E-state index contributed by atoms with van der Waals surface area (Å²) in [5.41, 5.74) is 0. The Morgan fingerprint density at radius 1 is 0.909 bits per heavy atom. The number of benzene rings is 2. The minimum Gasteiger partial charge on any atom is -0.497 e. The number of ether oxygens (including phenoxy) is 4. The summed E-state index contributed by atoms with van der Waals surface area (Å²) in [6, 6.07) is 14.0. The van der Waals surface area contributed by atoms with Gasteiger partial charge in [-0.2, -0.15) is 0 Å². The molecule has 0 radical (unpaired) electrons. The summed E-state index contributed by atoms with van der Waals surface area (Å²) < 4.78 is 21.1. The number of rotatable bonds is 6. The smallest absolute Gasteiger partial charge is 0.352 e. The second-order valence-corrected chi connectivity index (χ2v) is 4.51. The van der Waals surface area contributed by atoms with Gasteiger partial charge in [0.15, 0.2) is 17.6 Å². The molecule has 2 aromatic carbocycles. The van der Waals surface area contributed by atoms with Crippen LogP contribution in [0.15, 0.2) is 48.5 Å². The van der Waals surface area contributed by atoms with Crippen LogP contribution in [0.1, 0.15) is 6.92 Å². The molecule has 0 heterocycles. The molecule has 0 saturated heterocycles. The van der Waals surface area contributed by atoms with Gasteiger partial charge in [0.1, 0.15) is 11.5 Å². The summed E-state index contributed by atoms with van der Waals surface area (Å²) >= 11 is 0. The predicted molar refractivity (Wildman–Crippen MR) is 81.7 cm³/mol. The van der Waals surface area contributed by atoms with Gasteiger partial charge in [-0.3, -0.25) is 0 Å². The van der Waals surface area contributed by atoms with Crippen molar-refractivity contribution in [3.63, 3.8) is 0 Å². The minimum absolute atomic E-state index is 0.357. The third-order valence-corrected chi connectivity index (χ3v) is 2.97. The molecule has 0 saturated carbocycles. The van der Waals surface area contributed by atoms with E-state index in [4.69, 9.17) is 18.9 Å². The van der Waals surface area contributed by atoms with Crippen molar-refractivity contribution in [2.24, 2.45) is 0 Å². The highest BCUT2D eigenvalue weighted by atomic mass is 16.6. The van der Waals surface area contributed by atoms with E-state index in [1.54, 1.807) is 62.6 Å². The average molecular weight is 302 g/mol. The summed E-state index contributed by atoms with van der Waals surface area (Å²) in [7, 11) is 3.08. The number of carbonyl (C=O) groups excluding carboxylic acids is 1. The fourth-order valence-corrected chi connectivity index (χ4v) is 1.82. The number of para-hydroxylation sites is 2. The standard InChI is InChI=1S/C17H18O5/c1-12(21-14-8-6-7-13(11-14)19-2)17(18)22-16-10-5-4-9-15(16)20-3/h4-12H,1-3H3. The average Bonchev–Trinajstić information content (AvgIpc) is 2.55. The fraction of sp³-hybridized carbons (Fsp3) is 0.235. The number of hydrogen-bond donors (Lipinski definition) is 0. The molecule has 0 N–H and O–H groups in total. The molecule has 2 aromatic rings. The third kappa shape index (κ3) is 3.91. The van der Waals surface area contributed by atoms with Gasteiger partial charge < -0.3 is 18.9 Å². The van der Waals surface area contributed by atoms with E-state index in [-0.39, 0.29) is 0 Å². The van der Waals surface area contributed by atoms with E-state index >= 15 is 0 Å². The van der Waals surface area contributed by atoms with Crippen molar-refractivity contribution in [2.75, 3.05) is 14.2 Å². The Bertz CT molecular complexity index is 638. The van der Waals surface area contributed by atoms with Crippen molar-refractivity contribution in [3.8, 4) is 23.0 Å². The van der Waals surface area contributed by atoms with Gasteiger partial charge in [0.05, 0.1) is 14.2 Å². The van der Waals surface area contributed by atoms with E-state index in [1.807, 2.05) is 0 Å². The Hall–Kier alpha value is -2.69. The Kier molecular flexibility index (Phi) is 5.25. The first kappa shape index (κ1) is 15.7. The highest BCUT2D eigenvalue weighted by Gasteiger charge is 2.19. The van der Waals surface area contributed by atoms with Crippen LogP contribution in [0.3, 0.4) is 0 Å². The molecule has 0 aliphatic rings. The van der Waals surface area contributed by atoms with E-state index < -0.39 is 12.1 Å². The minimum atomic E-state index is -0.767. The zero-order valence-corrected chi connectivity index (χ0v) is 12.7. The molecule has 116 valence electrons. The first-order valence-corrected chi connectivity index (χ1v) is 6.79. The quantitative estimate of drug-likeness (QED) is 0.606. The predicted octanol–water partition coefficient (Wildman–Crippen LogP) is 3.08. The van der Waals surface area contributed by atoms with Crippen LogP contribution in [0.2, 0.25) is 0 Å². The summed E-state index contributed by atoms with van der Waals surface area (Å²) in [5, 5.41) is 0. The van der Waals surface area contributed by atoms with Crippen molar-refractivity contribution in [2.45, 2.75) is 13.0 Å². The summed E-state index contributed by atoms with van der Waals surface area (Å²) in [5.74, 6) is 1.53. The highest BCUT2D eigenvalue weighted by Crippen LogP contribution is 2.26. The van der Waals surface area contributed by atoms with E-state index in [1.165, 1.54) is 7.11 Å². The number of methoxy groups -OCH3 is 2. The van der Waals surface area contributed by atoms with E-state index in [9.17, 15) is 4.79 Å². The first-order chi connectivity index (χ1) is 10.6. The maximum absolute atomic E-state index is 12.1. The van der Waals surface area contributed by atoms with Crippen LogP contribution in [0, 0.1) is 0 Å². The summed E-state index contributed by atoms with van der Waals surface area (Å²) in [4.78, 5) is 12.1. The highest BCUT2D eigenvalue weighted by molar-refractivity contribution is 5.77. The van der Waals surface area contributed by atoms with Crippen LogP contribution in [0.25, 0.3) is 0 Å². The van der Waals surface area contributed by atoms with Crippen molar-refractivity contribution in [1.29, 1.82) is 0 Å².